The van der Waals surface area contributed by atoms with E-state index >= 15 is 0 Å². The molecule has 0 spiro atoms. The lowest BCUT2D eigenvalue weighted by Crippen LogP contribution is -2.45. The highest BCUT2D eigenvalue weighted by Gasteiger charge is 2.27. The van der Waals surface area contributed by atoms with Gasteiger partial charge in [-0.2, -0.15) is 0 Å². The monoisotopic (exact) mass is 541 g/mol. The van der Waals surface area contributed by atoms with Gasteiger partial charge in [0.2, 0.25) is 6.41 Å². The molecular weight excluding hydrogens is 510 g/mol. The number of ether oxygens (including phenoxy) is 1. The van der Waals surface area contributed by atoms with Crippen LogP contribution in [0.4, 0.5) is 15.6 Å². The van der Waals surface area contributed by atoms with Gasteiger partial charge in [-0.3, -0.25) is 10.1 Å². The van der Waals surface area contributed by atoms with Gasteiger partial charge in [-0.15, -0.1) is 4.72 Å². The molecule has 3 aromatic rings. The van der Waals surface area contributed by atoms with Crippen LogP contribution in [0.25, 0.3) is 10.4 Å². The van der Waals surface area contributed by atoms with Crippen LogP contribution < -0.4 is 14.9 Å². The lowest BCUT2D eigenvalue weighted by molar-refractivity contribution is -0.118. The Morgan fingerprint density at radius 3 is 2.57 bits per heavy atom. The van der Waals surface area contributed by atoms with Gasteiger partial charge in [-0.25, -0.2) is 9.78 Å². The minimum Gasteiger partial charge on any atom is -0.593 e. The number of carbonyl (C=O) groups is 2. The predicted molar refractivity (Wildman–Crippen MR) is 147 cm³/mol. The average Bonchev–Trinajstić information content (AvgIpc) is 3.37. The Balaban J connectivity index is 1.53. The lowest BCUT2D eigenvalue weighted by Gasteiger charge is -2.32. The Morgan fingerprint density at radius 2 is 1.89 bits per heavy atom. The first-order valence-electron chi connectivity index (χ1n) is 11.9. The van der Waals surface area contributed by atoms with Crippen LogP contribution in [0.2, 0.25) is 0 Å². The molecule has 0 saturated carbocycles. The summed E-state index contributed by atoms with van der Waals surface area (Å²) >= 11 is -0.0372. The molecule has 11 heteroatoms. The summed E-state index contributed by atoms with van der Waals surface area (Å²) in [5.41, 5.74) is 1.75. The standard InChI is InChI=1S/C26H31N5O4S2/c1-26(2,3)29-37(34)23-15-20(28-25(33)35-17-19-7-5-4-6-8-19)9-10-21(23)22-16-27-24(36-22)31-13-11-30(18-32)12-14-31/h4-10,15-16,18,29H,11-14,17H2,1-3H3,(H,28,33). The van der Waals surface area contributed by atoms with Crippen molar-refractivity contribution in [1.82, 2.24) is 14.6 Å². The molecule has 2 heterocycles. The predicted octanol–water partition coefficient (Wildman–Crippen LogP) is 4.25. The van der Waals surface area contributed by atoms with Gasteiger partial charge in [0.1, 0.15) is 6.61 Å². The Labute approximate surface area is 224 Å². The zero-order chi connectivity index (χ0) is 26.4. The highest BCUT2D eigenvalue weighted by Crippen LogP contribution is 2.37. The fourth-order valence-corrected chi connectivity index (χ4v) is 6.07. The van der Waals surface area contributed by atoms with Crippen LogP contribution in [-0.4, -0.2) is 58.7 Å². The van der Waals surface area contributed by atoms with E-state index in [2.05, 4.69) is 19.9 Å². The van der Waals surface area contributed by atoms with Crippen molar-refractivity contribution in [3.63, 3.8) is 0 Å². The number of nitrogens with one attached hydrogen (secondary N) is 2. The third kappa shape index (κ3) is 7.45. The van der Waals surface area contributed by atoms with Gasteiger partial charge in [0.15, 0.2) is 10.0 Å². The van der Waals surface area contributed by atoms with Crippen LogP contribution in [0, 0.1) is 0 Å². The summed E-state index contributed by atoms with van der Waals surface area (Å²) in [5, 5.41) is 3.59. The van der Waals surface area contributed by atoms with E-state index in [1.807, 2.05) is 57.2 Å². The zero-order valence-electron chi connectivity index (χ0n) is 21.1. The van der Waals surface area contributed by atoms with Crippen LogP contribution in [0.3, 0.4) is 0 Å². The largest absolute Gasteiger partial charge is 0.593 e. The maximum Gasteiger partial charge on any atom is 0.411 e. The molecule has 2 aromatic carbocycles. The summed E-state index contributed by atoms with van der Waals surface area (Å²) in [6.07, 6.45) is 2.06. The number of hydrogen-bond acceptors (Lipinski definition) is 8. The highest BCUT2D eigenvalue weighted by molar-refractivity contribution is 7.89. The van der Waals surface area contributed by atoms with Crippen molar-refractivity contribution in [2.24, 2.45) is 0 Å². The van der Waals surface area contributed by atoms with Gasteiger partial charge in [0.25, 0.3) is 0 Å². The van der Waals surface area contributed by atoms with Crippen molar-refractivity contribution in [1.29, 1.82) is 0 Å². The number of carbonyl (C=O) groups excluding carboxylic acids is 2. The van der Waals surface area contributed by atoms with E-state index in [4.69, 9.17) is 4.74 Å². The smallest absolute Gasteiger partial charge is 0.411 e. The van der Waals surface area contributed by atoms with Crippen LogP contribution >= 0.6 is 11.3 Å². The van der Waals surface area contributed by atoms with Crippen LogP contribution in [-0.2, 0) is 27.5 Å². The molecule has 1 aliphatic heterocycles. The normalized spacial score (nSPS) is 14.8. The summed E-state index contributed by atoms with van der Waals surface area (Å²) in [7, 11) is 0. The molecule has 37 heavy (non-hydrogen) atoms. The first-order chi connectivity index (χ1) is 17.7. The number of amides is 2. The van der Waals surface area contributed by atoms with E-state index in [0.29, 0.717) is 36.8 Å². The summed E-state index contributed by atoms with van der Waals surface area (Å²) in [6.45, 7) is 8.72. The maximum atomic E-state index is 13.4. The second-order valence-electron chi connectivity index (χ2n) is 9.65. The Morgan fingerprint density at radius 1 is 1.16 bits per heavy atom. The number of anilines is 2. The van der Waals surface area contributed by atoms with Gasteiger partial charge in [0, 0.05) is 44.1 Å². The summed E-state index contributed by atoms with van der Waals surface area (Å²) in [4.78, 5) is 33.3. The first-order valence-corrected chi connectivity index (χ1v) is 13.9. The van der Waals surface area contributed by atoms with E-state index in [1.54, 1.807) is 23.2 Å². The van der Waals surface area contributed by atoms with E-state index in [1.165, 1.54) is 11.3 Å². The fourth-order valence-electron chi connectivity index (χ4n) is 3.72. The molecule has 9 nitrogen and oxygen atoms in total. The number of rotatable bonds is 8. The average molecular weight is 542 g/mol. The summed E-state index contributed by atoms with van der Waals surface area (Å²) in [5.74, 6) is 0. The minimum absolute atomic E-state index is 0.153. The molecule has 1 aliphatic rings. The van der Waals surface area contributed by atoms with Crippen LogP contribution in [0.5, 0.6) is 0 Å². The number of thiazole rings is 1. The molecule has 0 radical (unpaired) electrons. The molecule has 2 amide bonds. The van der Waals surface area contributed by atoms with Gasteiger partial charge in [-0.05, 0) is 38.5 Å². The SMILES string of the molecule is CC(C)(C)N[S+]([O-])c1cc(NC(=O)OCc2ccccc2)ccc1-c1cnc(N2CCN(C=O)CC2)s1. The molecule has 1 fully saturated rings. The molecule has 4 rings (SSSR count). The summed E-state index contributed by atoms with van der Waals surface area (Å²) < 4.78 is 21.8. The quantitative estimate of drug-likeness (QED) is 0.324. The van der Waals surface area contributed by atoms with Crippen LogP contribution in [0.1, 0.15) is 26.3 Å². The lowest BCUT2D eigenvalue weighted by atomic mass is 10.1. The Kier molecular flexibility index (Phi) is 8.70. The second kappa shape index (κ2) is 12.0. The van der Waals surface area contributed by atoms with Gasteiger partial charge in [0.05, 0.1) is 27.3 Å². The molecule has 1 saturated heterocycles. The first kappa shape index (κ1) is 26.9. The maximum absolute atomic E-state index is 13.4. The van der Waals surface area contributed by atoms with Crippen LogP contribution in [0.15, 0.2) is 59.6 Å². The molecule has 1 aromatic heterocycles. The molecule has 1 atom stereocenters. The van der Waals surface area contributed by atoms with Crippen molar-refractivity contribution in [3.05, 3.63) is 60.3 Å². The molecule has 1 unspecified atom stereocenters. The highest BCUT2D eigenvalue weighted by atomic mass is 32.2. The zero-order valence-corrected chi connectivity index (χ0v) is 22.7. The third-order valence-corrected chi connectivity index (χ3v) is 8.16. The van der Waals surface area contributed by atoms with Crippen molar-refractivity contribution >= 4 is 46.0 Å². The fraction of sp³-hybridized carbons (Fsp3) is 0.346. The van der Waals surface area contributed by atoms with E-state index in [-0.39, 0.29) is 6.61 Å². The summed E-state index contributed by atoms with van der Waals surface area (Å²) in [6, 6.07) is 14.7. The van der Waals surface area contributed by atoms with Crippen molar-refractivity contribution in [3.8, 4) is 10.4 Å². The van der Waals surface area contributed by atoms with Gasteiger partial charge >= 0.3 is 6.09 Å². The number of piperazine rings is 1. The Hall–Kier alpha value is -3.12. The second-order valence-corrected chi connectivity index (χ2v) is 11.8. The minimum atomic E-state index is -1.55. The number of benzene rings is 2. The topological polar surface area (TPSA) is 110 Å². The van der Waals surface area contributed by atoms with E-state index in [9.17, 15) is 14.1 Å². The molecule has 2 N–H and O–H groups in total. The van der Waals surface area contributed by atoms with E-state index < -0.39 is 23.0 Å². The van der Waals surface area contributed by atoms with Crippen molar-refractivity contribution in [2.75, 3.05) is 36.4 Å². The van der Waals surface area contributed by atoms with Crippen molar-refractivity contribution in [2.45, 2.75) is 37.8 Å². The molecule has 0 aliphatic carbocycles. The van der Waals surface area contributed by atoms with Crippen molar-refractivity contribution < 1.29 is 18.9 Å². The molecule has 196 valence electrons. The third-order valence-electron chi connectivity index (χ3n) is 5.53. The molecular formula is C26H31N5O4S2. The van der Waals surface area contributed by atoms with Gasteiger partial charge < -0.3 is 19.1 Å². The van der Waals surface area contributed by atoms with Gasteiger partial charge in [-0.1, -0.05) is 41.7 Å². The number of aromatic nitrogens is 1. The van der Waals surface area contributed by atoms with E-state index in [0.717, 1.165) is 27.5 Å². The Bertz CT molecular complexity index is 1210. The number of nitrogens with zero attached hydrogens (tertiary/aromatic N) is 3. The molecule has 0 bridgehead atoms. The number of hydrogen-bond donors (Lipinski definition) is 2.